The van der Waals surface area contributed by atoms with Gasteiger partial charge in [-0.15, -0.1) is 11.8 Å². The molecule has 3 amide bonds. The first kappa shape index (κ1) is 23.5. The number of anilines is 1. The summed E-state index contributed by atoms with van der Waals surface area (Å²) in [6, 6.07) is 7.67. The fourth-order valence-corrected chi connectivity index (χ4v) is 5.20. The molecule has 3 aromatic rings. The summed E-state index contributed by atoms with van der Waals surface area (Å²) in [6.07, 6.45) is 5.86. The Kier molecular flexibility index (Phi) is 6.33. The number of hydrogen-bond acceptors (Lipinski definition) is 7. The van der Waals surface area contributed by atoms with Crippen molar-refractivity contribution in [2.75, 3.05) is 31.3 Å². The molecule has 0 bridgehead atoms. The third-order valence-corrected chi connectivity index (χ3v) is 7.34. The molecule has 2 aliphatic heterocycles. The highest BCUT2D eigenvalue weighted by atomic mass is 32.2. The fourth-order valence-electron chi connectivity index (χ4n) is 4.84. The first-order chi connectivity index (χ1) is 16.9. The van der Waals surface area contributed by atoms with Crippen molar-refractivity contribution in [3.8, 4) is 11.3 Å². The van der Waals surface area contributed by atoms with Crippen LogP contribution < -0.4 is 4.90 Å². The molecule has 3 aromatic heterocycles. The maximum Gasteiger partial charge on any atom is 0.324 e. The molecule has 0 spiro atoms. The number of amides is 3. The number of urea groups is 1. The van der Waals surface area contributed by atoms with Gasteiger partial charge in [0.2, 0.25) is 0 Å². The number of carbonyl (C=O) groups excluding carboxylic acids is 2. The van der Waals surface area contributed by atoms with Crippen molar-refractivity contribution in [1.82, 2.24) is 24.8 Å². The van der Waals surface area contributed by atoms with Gasteiger partial charge in [0, 0.05) is 49.7 Å². The van der Waals surface area contributed by atoms with E-state index in [0.717, 1.165) is 33.1 Å². The van der Waals surface area contributed by atoms with Gasteiger partial charge in [0.15, 0.2) is 0 Å². The topological polar surface area (TPSA) is 103 Å². The molecule has 1 saturated heterocycles. The number of hydrogen-bond donors (Lipinski definition) is 1. The van der Waals surface area contributed by atoms with E-state index in [1.54, 1.807) is 28.6 Å². The summed E-state index contributed by atoms with van der Waals surface area (Å²) >= 11 is 1.58. The highest BCUT2D eigenvalue weighted by Crippen LogP contribution is 2.37. The molecule has 0 radical (unpaired) electrons. The van der Waals surface area contributed by atoms with E-state index in [0.29, 0.717) is 38.0 Å². The predicted octanol–water partition coefficient (Wildman–Crippen LogP) is 3.16. The molecule has 182 valence electrons. The zero-order chi connectivity index (χ0) is 24.7. The van der Waals surface area contributed by atoms with Crippen LogP contribution in [0.15, 0.2) is 41.7 Å². The number of likely N-dealkylation sites (tertiary alicyclic amines) is 1. The van der Waals surface area contributed by atoms with Gasteiger partial charge >= 0.3 is 6.03 Å². The smallest absolute Gasteiger partial charge is 0.324 e. The van der Waals surface area contributed by atoms with E-state index in [-0.39, 0.29) is 18.0 Å². The lowest BCUT2D eigenvalue weighted by Gasteiger charge is -2.43. The third-order valence-electron chi connectivity index (χ3n) is 6.68. The number of aliphatic hydroxyl groups is 1. The number of pyridine rings is 3. The van der Waals surface area contributed by atoms with Gasteiger partial charge in [-0.05, 0) is 50.3 Å². The summed E-state index contributed by atoms with van der Waals surface area (Å²) in [6.45, 7) is 2.93. The number of aliphatic hydroxyl groups excluding tert-OH is 1. The van der Waals surface area contributed by atoms with Crippen molar-refractivity contribution >= 4 is 40.4 Å². The minimum absolute atomic E-state index is 0.0801. The SMILES string of the molecule is CSc1ccc(-c2ccc3ncc4c(c3n2)N(C2CCN(C(=O)[C@@H](C)O)CC2)C(=O)N(C)C4)cn1. The predicted molar refractivity (Wildman–Crippen MR) is 135 cm³/mol. The molecule has 1 atom stereocenters. The van der Waals surface area contributed by atoms with Gasteiger partial charge in [0.1, 0.15) is 11.6 Å². The molecule has 5 rings (SSSR count). The zero-order valence-electron chi connectivity index (χ0n) is 20.0. The Balaban J connectivity index is 1.54. The zero-order valence-corrected chi connectivity index (χ0v) is 20.8. The summed E-state index contributed by atoms with van der Waals surface area (Å²) in [7, 11) is 1.79. The van der Waals surface area contributed by atoms with Crippen molar-refractivity contribution in [2.24, 2.45) is 0 Å². The van der Waals surface area contributed by atoms with Crippen LogP contribution in [0.1, 0.15) is 25.3 Å². The van der Waals surface area contributed by atoms with Crippen molar-refractivity contribution in [2.45, 2.75) is 43.5 Å². The quantitative estimate of drug-likeness (QED) is 0.558. The summed E-state index contributed by atoms with van der Waals surface area (Å²) in [4.78, 5) is 45.0. The average molecular weight is 493 g/mol. The summed E-state index contributed by atoms with van der Waals surface area (Å²) < 4.78 is 0. The molecule has 0 aliphatic carbocycles. The van der Waals surface area contributed by atoms with Gasteiger partial charge in [-0.1, -0.05) is 0 Å². The monoisotopic (exact) mass is 492 g/mol. The number of nitrogens with zero attached hydrogens (tertiary/aromatic N) is 6. The highest BCUT2D eigenvalue weighted by molar-refractivity contribution is 7.98. The van der Waals surface area contributed by atoms with Crippen LogP contribution in [-0.4, -0.2) is 80.3 Å². The van der Waals surface area contributed by atoms with Crippen LogP contribution in [0, 0.1) is 0 Å². The maximum atomic E-state index is 13.5. The number of aromatic nitrogens is 3. The van der Waals surface area contributed by atoms with E-state index in [1.807, 2.05) is 47.8 Å². The van der Waals surface area contributed by atoms with E-state index in [9.17, 15) is 14.7 Å². The van der Waals surface area contributed by atoms with Gasteiger partial charge in [-0.3, -0.25) is 14.7 Å². The van der Waals surface area contributed by atoms with Gasteiger partial charge in [0.05, 0.1) is 28.5 Å². The molecule has 9 nitrogen and oxygen atoms in total. The van der Waals surface area contributed by atoms with Crippen molar-refractivity contribution in [3.63, 3.8) is 0 Å². The van der Waals surface area contributed by atoms with Gasteiger partial charge in [0.25, 0.3) is 5.91 Å². The van der Waals surface area contributed by atoms with Crippen LogP contribution in [0.25, 0.3) is 22.3 Å². The maximum absolute atomic E-state index is 13.5. The summed E-state index contributed by atoms with van der Waals surface area (Å²) in [5.41, 5.74) is 4.84. The van der Waals surface area contributed by atoms with Gasteiger partial charge in [-0.25, -0.2) is 14.8 Å². The molecule has 10 heteroatoms. The van der Waals surface area contributed by atoms with Crippen LogP contribution >= 0.6 is 11.8 Å². The molecule has 35 heavy (non-hydrogen) atoms. The normalized spacial score (nSPS) is 17.6. The van der Waals surface area contributed by atoms with Crippen molar-refractivity contribution in [1.29, 1.82) is 0 Å². The number of carbonyl (C=O) groups is 2. The molecule has 1 N–H and O–H groups in total. The average Bonchev–Trinajstić information content (AvgIpc) is 2.89. The number of rotatable bonds is 4. The van der Waals surface area contributed by atoms with E-state index in [1.165, 1.54) is 6.92 Å². The standard InChI is InChI=1S/C25H28N6O3S/c1-15(32)24(33)30-10-8-18(9-11-30)31-23-17(14-29(2)25(31)34)13-26-20-6-5-19(28-22(20)23)16-4-7-21(35-3)27-12-16/h4-7,12-13,15,18,32H,8-11,14H2,1-3H3/t15-/m1/s1. The van der Waals surface area contributed by atoms with Gasteiger partial charge in [-0.2, -0.15) is 0 Å². The van der Waals surface area contributed by atoms with E-state index >= 15 is 0 Å². The lowest BCUT2D eigenvalue weighted by atomic mass is 9.99. The second kappa shape index (κ2) is 9.43. The number of thioether (sulfide) groups is 1. The van der Waals surface area contributed by atoms with Gasteiger partial charge < -0.3 is 14.9 Å². The lowest BCUT2D eigenvalue weighted by molar-refractivity contribution is -0.140. The molecular formula is C25H28N6O3S. The van der Waals surface area contributed by atoms with Crippen LogP contribution in [0.5, 0.6) is 0 Å². The Bertz CT molecular complexity index is 1270. The largest absolute Gasteiger partial charge is 0.384 e. The first-order valence-corrected chi connectivity index (χ1v) is 12.9. The van der Waals surface area contributed by atoms with Crippen LogP contribution in [0.2, 0.25) is 0 Å². The molecule has 0 unspecified atom stereocenters. The minimum atomic E-state index is -1.02. The van der Waals surface area contributed by atoms with Crippen molar-refractivity contribution in [3.05, 3.63) is 42.2 Å². The fraction of sp³-hybridized carbons (Fsp3) is 0.400. The molecule has 1 fully saturated rings. The summed E-state index contributed by atoms with van der Waals surface area (Å²) in [5, 5.41) is 10.6. The van der Waals surface area contributed by atoms with E-state index < -0.39 is 6.10 Å². The molecule has 0 aromatic carbocycles. The highest BCUT2D eigenvalue weighted by Gasteiger charge is 2.38. The number of piperidine rings is 1. The molecule has 0 saturated carbocycles. The minimum Gasteiger partial charge on any atom is -0.384 e. The second-order valence-corrected chi connectivity index (χ2v) is 9.85. The first-order valence-electron chi connectivity index (χ1n) is 11.7. The Labute approximate surface area is 208 Å². The lowest BCUT2D eigenvalue weighted by Crippen LogP contribution is -2.55. The van der Waals surface area contributed by atoms with E-state index in [4.69, 9.17) is 4.98 Å². The molecule has 2 aliphatic rings. The number of fused-ring (bicyclic) bond motifs is 3. The Morgan fingerprint density at radius 3 is 2.57 bits per heavy atom. The molecular weight excluding hydrogens is 464 g/mol. The van der Waals surface area contributed by atoms with E-state index in [2.05, 4.69) is 9.97 Å². The molecule has 5 heterocycles. The van der Waals surface area contributed by atoms with Crippen molar-refractivity contribution < 1.29 is 14.7 Å². The Morgan fingerprint density at radius 1 is 1.14 bits per heavy atom. The Morgan fingerprint density at radius 2 is 1.91 bits per heavy atom. The van der Waals surface area contributed by atoms with Crippen LogP contribution in [0.3, 0.4) is 0 Å². The van der Waals surface area contributed by atoms with Crippen LogP contribution in [-0.2, 0) is 11.3 Å². The Hall–Kier alpha value is -3.24. The van der Waals surface area contributed by atoms with Crippen LogP contribution in [0.4, 0.5) is 10.5 Å². The third kappa shape index (κ3) is 4.32. The second-order valence-electron chi connectivity index (χ2n) is 9.03. The summed E-state index contributed by atoms with van der Waals surface area (Å²) in [5.74, 6) is -0.270.